The highest BCUT2D eigenvalue weighted by Gasteiger charge is 2.19. The van der Waals surface area contributed by atoms with Crippen molar-refractivity contribution in [2.75, 3.05) is 6.54 Å². The van der Waals surface area contributed by atoms with E-state index in [1.165, 1.54) is 31.3 Å². The Kier molecular flexibility index (Phi) is 6.24. The summed E-state index contributed by atoms with van der Waals surface area (Å²) in [6.45, 7) is 2.92. The van der Waals surface area contributed by atoms with Crippen molar-refractivity contribution < 1.29 is 4.39 Å². The standard InChI is InChI=1S/C17H23BrFN/c1-2-20-17(13-8-6-4-3-5-7-9-13)15-12-14(18)10-11-16(15)19/h8,10-12,17,20H,2-7,9H2,1H3/b13-8+. The molecule has 1 aliphatic rings. The molecular weight excluding hydrogens is 317 g/mol. The number of benzene rings is 1. The molecule has 3 heteroatoms. The van der Waals surface area contributed by atoms with Crippen LogP contribution in [0.15, 0.2) is 34.3 Å². The molecule has 1 atom stereocenters. The quantitative estimate of drug-likeness (QED) is 0.712. The van der Waals surface area contributed by atoms with Gasteiger partial charge in [0.25, 0.3) is 0 Å². The number of likely N-dealkylation sites (N-methyl/N-ethyl adjacent to an activating group) is 1. The summed E-state index contributed by atoms with van der Waals surface area (Å²) in [5.41, 5.74) is 2.11. The van der Waals surface area contributed by atoms with Crippen LogP contribution < -0.4 is 5.32 Å². The molecule has 0 spiro atoms. The third kappa shape index (κ3) is 4.16. The van der Waals surface area contributed by atoms with Crippen molar-refractivity contribution in [3.63, 3.8) is 0 Å². The molecule has 0 fully saturated rings. The lowest BCUT2D eigenvalue weighted by Crippen LogP contribution is -2.24. The van der Waals surface area contributed by atoms with E-state index in [0.29, 0.717) is 0 Å². The van der Waals surface area contributed by atoms with Crippen molar-refractivity contribution in [1.29, 1.82) is 0 Å². The van der Waals surface area contributed by atoms with Crippen molar-refractivity contribution >= 4 is 15.9 Å². The summed E-state index contributed by atoms with van der Waals surface area (Å²) in [6.07, 6.45) is 9.59. The molecule has 1 unspecified atom stereocenters. The maximum atomic E-state index is 14.2. The number of hydrogen-bond acceptors (Lipinski definition) is 1. The van der Waals surface area contributed by atoms with E-state index >= 15 is 0 Å². The smallest absolute Gasteiger partial charge is 0.128 e. The average Bonchev–Trinajstić information content (AvgIpc) is 2.40. The summed E-state index contributed by atoms with van der Waals surface area (Å²) in [6, 6.07) is 5.22. The monoisotopic (exact) mass is 339 g/mol. The number of halogens is 2. The van der Waals surface area contributed by atoms with E-state index in [-0.39, 0.29) is 11.9 Å². The molecule has 1 aliphatic carbocycles. The minimum absolute atomic E-state index is 0.00981. The molecular formula is C17H23BrFN. The first kappa shape index (κ1) is 15.7. The first-order valence-corrected chi connectivity index (χ1v) is 8.39. The van der Waals surface area contributed by atoms with Crippen LogP contribution in [0.2, 0.25) is 0 Å². The summed E-state index contributed by atoms with van der Waals surface area (Å²) >= 11 is 3.45. The summed E-state index contributed by atoms with van der Waals surface area (Å²) in [5, 5.41) is 3.46. The fourth-order valence-electron chi connectivity index (χ4n) is 2.86. The van der Waals surface area contributed by atoms with Crippen LogP contribution in [0.4, 0.5) is 4.39 Å². The van der Waals surface area contributed by atoms with E-state index in [4.69, 9.17) is 0 Å². The topological polar surface area (TPSA) is 12.0 Å². The molecule has 20 heavy (non-hydrogen) atoms. The van der Waals surface area contributed by atoms with E-state index in [0.717, 1.165) is 29.4 Å². The maximum absolute atomic E-state index is 14.2. The van der Waals surface area contributed by atoms with Gasteiger partial charge in [-0.05, 0) is 50.4 Å². The lowest BCUT2D eigenvalue weighted by molar-refractivity contribution is 0.524. The summed E-state index contributed by atoms with van der Waals surface area (Å²) < 4.78 is 15.1. The van der Waals surface area contributed by atoms with Crippen LogP contribution in [0, 0.1) is 5.82 Å². The lowest BCUT2D eigenvalue weighted by Gasteiger charge is -2.24. The van der Waals surface area contributed by atoms with Crippen molar-refractivity contribution in [3.8, 4) is 0 Å². The zero-order valence-corrected chi connectivity index (χ0v) is 13.7. The van der Waals surface area contributed by atoms with E-state index in [2.05, 4.69) is 34.2 Å². The molecule has 0 aliphatic heterocycles. The molecule has 0 saturated heterocycles. The van der Waals surface area contributed by atoms with E-state index < -0.39 is 0 Å². The van der Waals surface area contributed by atoms with Crippen LogP contribution >= 0.6 is 15.9 Å². The molecule has 0 amide bonds. The third-order valence-corrected chi connectivity index (χ3v) is 4.37. The fraction of sp³-hybridized carbons (Fsp3) is 0.529. The molecule has 1 nitrogen and oxygen atoms in total. The fourth-order valence-corrected chi connectivity index (χ4v) is 3.24. The van der Waals surface area contributed by atoms with Gasteiger partial charge >= 0.3 is 0 Å². The molecule has 110 valence electrons. The molecule has 1 aromatic rings. The first-order valence-electron chi connectivity index (χ1n) is 7.59. The Morgan fingerprint density at radius 2 is 2.05 bits per heavy atom. The second-order valence-electron chi connectivity index (χ2n) is 5.39. The summed E-state index contributed by atoms with van der Waals surface area (Å²) in [7, 11) is 0. The van der Waals surface area contributed by atoms with Gasteiger partial charge in [0.05, 0.1) is 6.04 Å². The van der Waals surface area contributed by atoms with Crippen LogP contribution in [-0.4, -0.2) is 6.54 Å². The number of allylic oxidation sites excluding steroid dienone is 1. The van der Waals surface area contributed by atoms with Crippen LogP contribution in [0.1, 0.15) is 57.1 Å². The number of nitrogens with one attached hydrogen (secondary N) is 1. The lowest BCUT2D eigenvalue weighted by atomic mass is 9.90. The van der Waals surface area contributed by atoms with Gasteiger partial charge in [-0.2, -0.15) is 0 Å². The molecule has 1 aromatic carbocycles. The van der Waals surface area contributed by atoms with Crippen LogP contribution in [0.5, 0.6) is 0 Å². The maximum Gasteiger partial charge on any atom is 0.128 e. The Hall–Kier alpha value is -0.670. The van der Waals surface area contributed by atoms with Crippen molar-refractivity contribution in [1.82, 2.24) is 5.32 Å². The number of hydrogen-bond donors (Lipinski definition) is 1. The van der Waals surface area contributed by atoms with Gasteiger partial charge in [0.15, 0.2) is 0 Å². The second kappa shape index (κ2) is 7.94. The zero-order chi connectivity index (χ0) is 14.4. The first-order chi connectivity index (χ1) is 9.72. The molecule has 0 radical (unpaired) electrons. The van der Waals surface area contributed by atoms with Gasteiger partial charge in [-0.15, -0.1) is 0 Å². The van der Waals surface area contributed by atoms with Crippen molar-refractivity contribution in [3.05, 3.63) is 45.7 Å². The van der Waals surface area contributed by atoms with Gasteiger partial charge in [0, 0.05) is 10.0 Å². The third-order valence-electron chi connectivity index (χ3n) is 3.87. The van der Waals surface area contributed by atoms with Gasteiger partial charge in [-0.1, -0.05) is 47.3 Å². The Morgan fingerprint density at radius 3 is 2.85 bits per heavy atom. The highest BCUT2D eigenvalue weighted by atomic mass is 79.9. The Morgan fingerprint density at radius 1 is 1.25 bits per heavy atom. The van der Waals surface area contributed by atoms with Gasteiger partial charge < -0.3 is 5.32 Å². The molecule has 1 N–H and O–H groups in total. The highest BCUT2D eigenvalue weighted by molar-refractivity contribution is 9.10. The molecule has 0 bridgehead atoms. The summed E-state index contributed by atoms with van der Waals surface area (Å²) in [4.78, 5) is 0. The van der Waals surface area contributed by atoms with Crippen LogP contribution in [0.25, 0.3) is 0 Å². The molecule has 2 rings (SSSR count). The SMILES string of the molecule is CCNC(/C1=C/CCCCCC1)c1cc(Br)ccc1F. The van der Waals surface area contributed by atoms with Crippen LogP contribution in [0.3, 0.4) is 0 Å². The van der Waals surface area contributed by atoms with E-state index in [1.54, 1.807) is 12.1 Å². The minimum atomic E-state index is -0.123. The predicted molar refractivity (Wildman–Crippen MR) is 86.3 cm³/mol. The Bertz CT molecular complexity index is 470. The Labute approximate surface area is 129 Å². The van der Waals surface area contributed by atoms with Crippen molar-refractivity contribution in [2.24, 2.45) is 0 Å². The second-order valence-corrected chi connectivity index (χ2v) is 6.30. The van der Waals surface area contributed by atoms with E-state index in [1.807, 2.05) is 6.07 Å². The highest BCUT2D eigenvalue weighted by Crippen LogP contribution is 2.31. The molecule has 0 aromatic heterocycles. The average molecular weight is 340 g/mol. The largest absolute Gasteiger partial charge is 0.307 e. The van der Waals surface area contributed by atoms with Gasteiger partial charge in [-0.3, -0.25) is 0 Å². The van der Waals surface area contributed by atoms with Crippen LogP contribution in [-0.2, 0) is 0 Å². The minimum Gasteiger partial charge on any atom is -0.307 e. The predicted octanol–water partition coefficient (Wildman–Crippen LogP) is 5.52. The zero-order valence-electron chi connectivity index (χ0n) is 12.1. The van der Waals surface area contributed by atoms with E-state index in [9.17, 15) is 4.39 Å². The van der Waals surface area contributed by atoms with Gasteiger partial charge in [0.2, 0.25) is 0 Å². The van der Waals surface area contributed by atoms with Gasteiger partial charge in [-0.25, -0.2) is 4.39 Å². The van der Waals surface area contributed by atoms with Gasteiger partial charge in [0.1, 0.15) is 5.82 Å². The molecule has 0 heterocycles. The van der Waals surface area contributed by atoms with Crippen molar-refractivity contribution in [2.45, 2.75) is 51.5 Å². The normalized spacial score (nSPS) is 20.6. The molecule has 0 saturated carbocycles. The summed E-state index contributed by atoms with van der Waals surface area (Å²) in [5.74, 6) is -0.123. The number of rotatable bonds is 4. The Balaban J connectivity index is 2.31.